The standard InChI is InChI=1S/C64H58ClN7O2/c1-2-3-35-61-67-62(65)58(44-66-42-21-26-48-38-41-59(73-46-50-22-9-4-10-23-50)60(43-48)74-47-51-24-11-5-12-25-51)71(61)45-49-36-39-52(40-37-49)56-33-19-20-34-57(56)63-68-70-72(69-63)64(53-27-13-6-14-28-53,54-29-15-7-16-30-54)55-31-17-8-18-32-55/h4-20,22-25,27-34,36-41,43-44H,2-3,21,26,35,42,45-47H2,1H3. The zero-order chi connectivity index (χ0) is 50.4. The summed E-state index contributed by atoms with van der Waals surface area (Å²) < 4.78 is 14.8. The minimum absolute atomic E-state index is 0.452. The first-order valence-electron chi connectivity index (χ1n) is 25.4. The van der Waals surface area contributed by atoms with Crippen molar-refractivity contribution in [3.05, 3.63) is 274 Å². The summed E-state index contributed by atoms with van der Waals surface area (Å²) in [5.41, 5.74) is 10.4. The van der Waals surface area contributed by atoms with E-state index >= 15 is 0 Å². The molecule has 74 heavy (non-hydrogen) atoms. The molecule has 0 atom stereocenters. The Kier molecular flexibility index (Phi) is 15.9. The van der Waals surface area contributed by atoms with Crippen molar-refractivity contribution < 1.29 is 9.47 Å². The number of halogens is 1. The summed E-state index contributed by atoms with van der Waals surface area (Å²) in [4.78, 5) is 11.5. The highest BCUT2D eigenvalue weighted by atomic mass is 35.5. The van der Waals surface area contributed by atoms with Crippen molar-refractivity contribution in [2.45, 2.75) is 64.3 Å². The number of hydrogen-bond donors (Lipinski definition) is 0. The molecule has 0 saturated heterocycles. The zero-order valence-corrected chi connectivity index (χ0v) is 42.3. The molecule has 10 aromatic rings. The summed E-state index contributed by atoms with van der Waals surface area (Å²) in [5.74, 6) is 2.94. The van der Waals surface area contributed by atoms with Crippen LogP contribution in [0.2, 0.25) is 5.15 Å². The van der Waals surface area contributed by atoms with Gasteiger partial charge in [-0.1, -0.05) is 231 Å². The van der Waals surface area contributed by atoms with E-state index < -0.39 is 5.54 Å². The molecule has 0 bridgehead atoms. The molecule has 0 fully saturated rings. The second-order valence-electron chi connectivity index (χ2n) is 18.3. The average molecular weight is 993 g/mol. The first-order chi connectivity index (χ1) is 36.6. The maximum absolute atomic E-state index is 6.92. The van der Waals surface area contributed by atoms with Crippen molar-refractivity contribution in [2.75, 3.05) is 6.54 Å². The number of aromatic nitrogens is 6. The van der Waals surface area contributed by atoms with E-state index in [4.69, 9.17) is 46.5 Å². The molecule has 0 radical (unpaired) electrons. The molecular formula is C64H58ClN7O2. The first kappa shape index (κ1) is 49.2. The lowest BCUT2D eigenvalue weighted by Gasteiger charge is -2.34. The van der Waals surface area contributed by atoms with E-state index in [0.29, 0.717) is 37.3 Å². The van der Waals surface area contributed by atoms with Crippen LogP contribution in [0.25, 0.3) is 22.5 Å². The van der Waals surface area contributed by atoms with E-state index in [0.717, 1.165) is 111 Å². The molecule has 0 spiro atoms. The number of rotatable bonds is 22. The summed E-state index contributed by atoms with van der Waals surface area (Å²) in [6, 6.07) is 74.8. The van der Waals surface area contributed by atoms with Gasteiger partial charge >= 0.3 is 0 Å². The van der Waals surface area contributed by atoms with E-state index in [-0.39, 0.29) is 0 Å². The van der Waals surface area contributed by atoms with Crippen molar-refractivity contribution in [3.63, 3.8) is 0 Å². The highest BCUT2D eigenvalue weighted by Gasteiger charge is 2.41. The van der Waals surface area contributed by atoms with Crippen LogP contribution in [0.5, 0.6) is 11.5 Å². The fraction of sp³-hybridized carbons (Fsp3) is 0.172. The van der Waals surface area contributed by atoms with Gasteiger partial charge in [0.15, 0.2) is 22.2 Å². The SMILES string of the molecule is CCCCc1nc(Cl)c(C=NCCCc2ccc(OCc3ccccc3)c(OCc3ccccc3)c2)n1Cc1ccc(-c2ccccc2-c2nnn(C(c3ccccc3)(c3ccccc3)c3ccccc3)n2)cc1. The van der Waals surface area contributed by atoms with E-state index in [9.17, 15) is 0 Å². The lowest BCUT2D eigenvalue weighted by Crippen LogP contribution is -2.39. The minimum atomic E-state index is -0.878. The number of tetrazole rings is 1. The van der Waals surface area contributed by atoms with Crippen LogP contribution in [0.3, 0.4) is 0 Å². The molecule has 0 aliphatic carbocycles. The predicted molar refractivity (Wildman–Crippen MR) is 297 cm³/mol. The van der Waals surface area contributed by atoms with Crippen molar-refractivity contribution >= 4 is 17.8 Å². The third kappa shape index (κ3) is 11.3. The Morgan fingerprint density at radius 1 is 0.554 bits per heavy atom. The van der Waals surface area contributed by atoms with Gasteiger partial charge in [0.25, 0.3) is 0 Å². The van der Waals surface area contributed by atoms with E-state index in [1.54, 1.807) is 4.80 Å². The van der Waals surface area contributed by atoms with E-state index in [2.05, 4.69) is 163 Å². The Bertz CT molecular complexity index is 3290. The van der Waals surface area contributed by atoms with Crippen LogP contribution in [-0.4, -0.2) is 42.5 Å². The molecule has 0 aliphatic heterocycles. The van der Waals surface area contributed by atoms with Gasteiger partial charge in [-0.05, 0) is 86.7 Å². The first-order valence-corrected chi connectivity index (χ1v) is 25.8. The number of unbranched alkanes of at least 4 members (excludes halogenated alkanes) is 1. The normalized spacial score (nSPS) is 11.5. The number of ether oxygens (including phenoxy) is 2. The molecule has 368 valence electrons. The maximum atomic E-state index is 6.92. The summed E-state index contributed by atoms with van der Waals surface area (Å²) in [6.45, 7) is 4.33. The Hall–Kier alpha value is -8.40. The molecule has 0 N–H and O–H groups in total. The topological polar surface area (TPSA) is 92.2 Å². The third-order valence-corrected chi connectivity index (χ3v) is 13.6. The number of imidazole rings is 1. The number of hydrogen-bond acceptors (Lipinski definition) is 7. The highest BCUT2D eigenvalue weighted by molar-refractivity contribution is 6.31. The monoisotopic (exact) mass is 991 g/mol. The molecule has 0 unspecified atom stereocenters. The molecule has 0 saturated carbocycles. The van der Waals surface area contributed by atoms with Gasteiger partial charge in [-0.15, -0.1) is 15.0 Å². The fourth-order valence-corrected chi connectivity index (χ4v) is 9.74. The van der Waals surface area contributed by atoms with Crippen molar-refractivity contribution in [3.8, 4) is 34.0 Å². The van der Waals surface area contributed by atoms with Gasteiger partial charge < -0.3 is 14.0 Å². The quantitative estimate of drug-likeness (QED) is 0.0382. The lowest BCUT2D eigenvalue weighted by atomic mass is 9.77. The minimum Gasteiger partial charge on any atom is -0.485 e. The summed E-state index contributed by atoms with van der Waals surface area (Å²) >= 11 is 6.92. The fourth-order valence-electron chi connectivity index (χ4n) is 9.49. The second kappa shape index (κ2) is 23.9. The van der Waals surface area contributed by atoms with Gasteiger partial charge in [-0.3, -0.25) is 4.99 Å². The van der Waals surface area contributed by atoms with Crippen LogP contribution in [-0.2, 0) is 38.1 Å². The molecular weight excluding hydrogens is 934 g/mol. The third-order valence-electron chi connectivity index (χ3n) is 13.3. The van der Waals surface area contributed by atoms with Crippen LogP contribution in [0.1, 0.15) is 76.6 Å². The molecule has 2 heterocycles. The highest BCUT2D eigenvalue weighted by Crippen LogP contribution is 2.41. The number of nitrogens with zero attached hydrogens (tertiary/aromatic N) is 7. The molecule has 10 heteroatoms. The van der Waals surface area contributed by atoms with Gasteiger partial charge in [-0.25, -0.2) is 4.98 Å². The Morgan fingerprint density at radius 2 is 1.09 bits per heavy atom. The van der Waals surface area contributed by atoms with Crippen LogP contribution >= 0.6 is 11.6 Å². The Morgan fingerprint density at radius 3 is 1.69 bits per heavy atom. The largest absolute Gasteiger partial charge is 0.485 e. The number of aryl methyl sites for hydroxylation is 2. The number of aliphatic imine (C=N–C) groups is 1. The van der Waals surface area contributed by atoms with Crippen molar-refractivity contribution in [2.24, 2.45) is 4.99 Å². The zero-order valence-electron chi connectivity index (χ0n) is 41.6. The van der Waals surface area contributed by atoms with Gasteiger partial charge in [0, 0.05) is 31.3 Å². The van der Waals surface area contributed by atoms with Gasteiger partial charge in [0.1, 0.15) is 19.0 Å². The summed E-state index contributed by atoms with van der Waals surface area (Å²) in [7, 11) is 0. The molecule has 0 amide bonds. The summed E-state index contributed by atoms with van der Waals surface area (Å²) in [5, 5.41) is 15.3. The Balaban J connectivity index is 0.858. The van der Waals surface area contributed by atoms with E-state index in [1.165, 1.54) is 0 Å². The molecule has 8 aromatic carbocycles. The van der Waals surface area contributed by atoms with Crippen molar-refractivity contribution in [1.82, 2.24) is 29.8 Å². The predicted octanol–water partition coefficient (Wildman–Crippen LogP) is 14.3. The van der Waals surface area contributed by atoms with Crippen LogP contribution in [0.15, 0.2) is 223 Å². The van der Waals surface area contributed by atoms with Gasteiger partial charge in [0.2, 0.25) is 5.82 Å². The van der Waals surface area contributed by atoms with Crippen LogP contribution < -0.4 is 9.47 Å². The van der Waals surface area contributed by atoms with Gasteiger partial charge in [-0.2, -0.15) is 0 Å². The second-order valence-corrected chi connectivity index (χ2v) is 18.7. The molecule has 2 aromatic heterocycles. The van der Waals surface area contributed by atoms with Crippen LogP contribution in [0, 0.1) is 0 Å². The molecule has 9 nitrogen and oxygen atoms in total. The number of benzene rings is 8. The molecule has 10 rings (SSSR count). The smallest absolute Gasteiger partial charge is 0.205 e. The van der Waals surface area contributed by atoms with E-state index in [1.807, 2.05) is 72.9 Å². The maximum Gasteiger partial charge on any atom is 0.205 e. The Labute approximate surface area is 438 Å². The summed E-state index contributed by atoms with van der Waals surface area (Å²) in [6.07, 6.45) is 6.45. The van der Waals surface area contributed by atoms with Crippen molar-refractivity contribution in [1.29, 1.82) is 0 Å². The van der Waals surface area contributed by atoms with Gasteiger partial charge in [0.05, 0.1) is 5.69 Å². The lowest BCUT2D eigenvalue weighted by molar-refractivity contribution is 0.255. The van der Waals surface area contributed by atoms with Crippen LogP contribution in [0.4, 0.5) is 0 Å². The molecule has 0 aliphatic rings. The average Bonchev–Trinajstić information content (AvgIpc) is 4.07.